The van der Waals surface area contributed by atoms with Crippen LogP contribution in [0.15, 0.2) is 48.5 Å². The first-order valence-electron chi connectivity index (χ1n) is 8.49. The van der Waals surface area contributed by atoms with Crippen molar-refractivity contribution in [2.45, 2.75) is 38.0 Å². The fraction of sp³-hybridized carbons (Fsp3) is 0.350. The summed E-state index contributed by atoms with van der Waals surface area (Å²) >= 11 is 0. The van der Waals surface area contributed by atoms with E-state index in [1.807, 2.05) is 62.4 Å². The summed E-state index contributed by atoms with van der Waals surface area (Å²) < 4.78 is 17.5. The number of benzene rings is 2. The SMILES string of the molecule is CC1(C)C[C@H](NC(=O)[C@@H]2COc3ccccc3O2)c2ccccc2O1. The van der Waals surface area contributed by atoms with Crippen LogP contribution in [-0.2, 0) is 4.79 Å². The number of amides is 1. The van der Waals surface area contributed by atoms with E-state index in [0.29, 0.717) is 17.9 Å². The third kappa shape index (κ3) is 3.14. The molecule has 1 amide bonds. The first kappa shape index (κ1) is 15.8. The molecule has 2 atom stereocenters. The summed E-state index contributed by atoms with van der Waals surface area (Å²) in [6.07, 6.45) is 0.0351. The number of para-hydroxylation sites is 3. The second-order valence-corrected chi connectivity index (χ2v) is 7.03. The van der Waals surface area contributed by atoms with E-state index in [1.54, 1.807) is 0 Å². The van der Waals surface area contributed by atoms with Crippen LogP contribution in [0.1, 0.15) is 31.9 Å². The number of nitrogens with one attached hydrogen (secondary N) is 1. The Morgan fingerprint density at radius 2 is 1.72 bits per heavy atom. The molecular formula is C20H21NO4. The predicted molar refractivity (Wildman–Crippen MR) is 93.0 cm³/mol. The average molecular weight is 339 g/mol. The normalized spacial score (nSPS) is 23.1. The van der Waals surface area contributed by atoms with Gasteiger partial charge in [-0.3, -0.25) is 4.79 Å². The highest BCUT2D eigenvalue weighted by Gasteiger charge is 2.36. The topological polar surface area (TPSA) is 56.8 Å². The van der Waals surface area contributed by atoms with Crippen LogP contribution in [0.2, 0.25) is 0 Å². The molecule has 0 aromatic heterocycles. The summed E-state index contributed by atoms with van der Waals surface area (Å²) in [6.45, 7) is 4.26. The Kier molecular flexibility index (Phi) is 3.79. The van der Waals surface area contributed by atoms with Gasteiger partial charge in [-0.2, -0.15) is 0 Å². The Labute approximate surface area is 146 Å². The van der Waals surface area contributed by atoms with E-state index in [2.05, 4.69) is 5.32 Å². The molecule has 1 N–H and O–H groups in total. The molecule has 0 saturated heterocycles. The Balaban J connectivity index is 1.52. The summed E-state index contributed by atoms with van der Waals surface area (Å²) in [5.41, 5.74) is 0.648. The number of carbonyl (C=O) groups is 1. The Morgan fingerprint density at radius 1 is 1.04 bits per heavy atom. The molecule has 130 valence electrons. The molecule has 2 aromatic carbocycles. The highest BCUT2D eigenvalue weighted by atomic mass is 16.6. The Morgan fingerprint density at radius 3 is 2.52 bits per heavy atom. The molecule has 5 nitrogen and oxygen atoms in total. The molecule has 25 heavy (non-hydrogen) atoms. The van der Waals surface area contributed by atoms with Gasteiger partial charge < -0.3 is 19.5 Å². The zero-order valence-corrected chi connectivity index (χ0v) is 14.3. The van der Waals surface area contributed by atoms with Crippen LogP contribution >= 0.6 is 0 Å². The summed E-state index contributed by atoms with van der Waals surface area (Å²) in [6, 6.07) is 15.1. The Bertz CT molecular complexity index is 802. The standard InChI is InChI=1S/C20H21NO4/c1-20(2)11-14(13-7-3-4-8-15(13)25-20)21-19(22)18-12-23-16-9-5-6-10-17(16)24-18/h3-10,14,18H,11-12H2,1-2H3,(H,21,22)/t14-,18-/m0/s1. The number of ether oxygens (including phenoxy) is 3. The fourth-order valence-electron chi connectivity index (χ4n) is 3.34. The molecule has 0 unspecified atom stereocenters. The lowest BCUT2D eigenvalue weighted by molar-refractivity contribution is -0.131. The lowest BCUT2D eigenvalue weighted by atomic mass is 9.89. The van der Waals surface area contributed by atoms with Gasteiger partial charge in [-0.25, -0.2) is 0 Å². The minimum atomic E-state index is -0.659. The number of fused-ring (bicyclic) bond motifs is 2. The van der Waals surface area contributed by atoms with Crippen molar-refractivity contribution in [2.75, 3.05) is 6.61 Å². The zero-order chi connectivity index (χ0) is 17.4. The van der Waals surface area contributed by atoms with Crippen molar-refractivity contribution >= 4 is 5.91 Å². The maximum absolute atomic E-state index is 12.7. The molecule has 5 heteroatoms. The van der Waals surface area contributed by atoms with Crippen LogP contribution in [0, 0.1) is 0 Å². The molecular weight excluding hydrogens is 318 g/mol. The smallest absolute Gasteiger partial charge is 0.265 e. The maximum Gasteiger partial charge on any atom is 0.265 e. The molecule has 0 spiro atoms. The number of hydrogen-bond acceptors (Lipinski definition) is 4. The number of carbonyl (C=O) groups excluding carboxylic acids is 1. The van der Waals surface area contributed by atoms with Crippen LogP contribution in [0.25, 0.3) is 0 Å². The predicted octanol–water partition coefficient (Wildman–Crippen LogP) is 3.25. The van der Waals surface area contributed by atoms with E-state index < -0.39 is 6.10 Å². The van der Waals surface area contributed by atoms with Gasteiger partial charge in [-0.1, -0.05) is 30.3 Å². The van der Waals surface area contributed by atoms with Crippen LogP contribution in [-0.4, -0.2) is 24.2 Å². The van der Waals surface area contributed by atoms with Crippen molar-refractivity contribution in [3.05, 3.63) is 54.1 Å². The van der Waals surface area contributed by atoms with Crippen molar-refractivity contribution in [3.8, 4) is 17.2 Å². The fourth-order valence-corrected chi connectivity index (χ4v) is 3.34. The van der Waals surface area contributed by atoms with Crippen LogP contribution in [0.3, 0.4) is 0 Å². The van der Waals surface area contributed by atoms with E-state index >= 15 is 0 Å². The van der Waals surface area contributed by atoms with E-state index in [0.717, 1.165) is 11.3 Å². The van der Waals surface area contributed by atoms with Gasteiger partial charge in [0.1, 0.15) is 18.0 Å². The molecule has 0 bridgehead atoms. The van der Waals surface area contributed by atoms with Crippen molar-refractivity contribution in [2.24, 2.45) is 0 Å². The molecule has 0 fully saturated rings. The van der Waals surface area contributed by atoms with E-state index in [9.17, 15) is 4.79 Å². The third-order valence-electron chi connectivity index (χ3n) is 4.49. The molecule has 2 aliphatic heterocycles. The van der Waals surface area contributed by atoms with Crippen LogP contribution in [0.5, 0.6) is 17.2 Å². The molecule has 4 rings (SSSR count). The molecule has 0 aliphatic carbocycles. The van der Waals surface area contributed by atoms with Crippen molar-refractivity contribution < 1.29 is 19.0 Å². The highest BCUT2D eigenvalue weighted by molar-refractivity contribution is 5.82. The first-order valence-corrected chi connectivity index (χ1v) is 8.49. The third-order valence-corrected chi connectivity index (χ3v) is 4.49. The van der Waals surface area contributed by atoms with Crippen molar-refractivity contribution in [1.82, 2.24) is 5.32 Å². The largest absolute Gasteiger partial charge is 0.487 e. The molecule has 2 heterocycles. The number of hydrogen-bond donors (Lipinski definition) is 1. The number of rotatable bonds is 2. The summed E-state index contributed by atoms with van der Waals surface area (Å²) in [7, 11) is 0. The summed E-state index contributed by atoms with van der Waals surface area (Å²) in [5.74, 6) is 1.91. The van der Waals surface area contributed by atoms with Gasteiger partial charge in [0, 0.05) is 12.0 Å². The zero-order valence-electron chi connectivity index (χ0n) is 14.3. The van der Waals surface area contributed by atoms with Crippen molar-refractivity contribution in [3.63, 3.8) is 0 Å². The molecule has 0 radical (unpaired) electrons. The van der Waals surface area contributed by atoms with Crippen LogP contribution < -0.4 is 19.5 Å². The minimum absolute atomic E-state index is 0.117. The van der Waals surface area contributed by atoms with Crippen LogP contribution in [0.4, 0.5) is 0 Å². The lowest BCUT2D eigenvalue weighted by Gasteiger charge is -2.38. The van der Waals surface area contributed by atoms with Gasteiger partial charge in [-0.15, -0.1) is 0 Å². The second-order valence-electron chi connectivity index (χ2n) is 7.03. The highest BCUT2D eigenvalue weighted by Crippen LogP contribution is 2.39. The molecule has 2 aromatic rings. The van der Waals surface area contributed by atoms with Gasteiger partial charge >= 0.3 is 0 Å². The monoisotopic (exact) mass is 339 g/mol. The summed E-state index contributed by atoms with van der Waals surface area (Å²) in [5, 5.41) is 3.11. The summed E-state index contributed by atoms with van der Waals surface area (Å²) in [4.78, 5) is 12.7. The Hall–Kier alpha value is -2.69. The second kappa shape index (κ2) is 5.99. The molecule has 2 aliphatic rings. The first-order chi connectivity index (χ1) is 12.0. The quantitative estimate of drug-likeness (QED) is 0.912. The van der Waals surface area contributed by atoms with Gasteiger partial charge in [0.25, 0.3) is 5.91 Å². The van der Waals surface area contributed by atoms with E-state index in [1.165, 1.54) is 0 Å². The maximum atomic E-state index is 12.7. The minimum Gasteiger partial charge on any atom is -0.487 e. The van der Waals surface area contributed by atoms with Gasteiger partial charge in [-0.05, 0) is 32.0 Å². The lowest BCUT2D eigenvalue weighted by Crippen LogP contribution is -2.48. The van der Waals surface area contributed by atoms with Crippen molar-refractivity contribution in [1.29, 1.82) is 0 Å². The van der Waals surface area contributed by atoms with Gasteiger partial charge in [0.15, 0.2) is 11.5 Å². The van der Waals surface area contributed by atoms with E-state index in [-0.39, 0.29) is 24.2 Å². The van der Waals surface area contributed by atoms with Gasteiger partial charge in [0.05, 0.1) is 6.04 Å². The average Bonchev–Trinajstić information content (AvgIpc) is 2.60. The molecule has 0 saturated carbocycles. The van der Waals surface area contributed by atoms with E-state index in [4.69, 9.17) is 14.2 Å². The van der Waals surface area contributed by atoms with Gasteiger partial charge in [0.2, 0.25) is 6.10 Å².